The Morgan fingerprint density at radius 3 is 1.56 bits per heavy atom. The molecule has 25 heavy (non-hydrogen) atoms. The van der Waals surface area contributed by atoms with Gasteiger partial charge in [0.05, 0.1) is 16.5 Å². The summed E-state index contributed by atoms with van der Waals surface area (Å²) in [5.74, 6) is 0. The molecular formula is C19H12Cl2F3S+. The average Bonchev–Trinajstić information content (AvgIpc) is 2.58. The van der Waals surface area contributed by atoms with Crippen molar-refractivity contribution in [3.05, 3.63) is 88.4 Å². The number of hydrogen-bond acceptors (Lipinski definition) is 0. The Bertz CT molecular complexity index is 814. The number of benzene rings is 3. The van der Waals surface area contributed by atoms with Crippen molar-refractivity contribution in [2.75, 3.05) is 0 Å². The molecule has 0 N–H and O–H groups in total. The maximum Gasteiger partial charge on any atom is 0.416 e. The van der Waals surface area contributed by atoms with E-state index < -0.39 is 22.6 Å². The van der Waals surface area contributed by atoms with E-state index in [4.69, 9.17) is 23.2 Å². The van der Waals surface area contributed by atoms with Crippen molar-refractivity contribution in [2.45, 2.75) is 20.9 Å². The van der Waals surface area contributed by atoms with Crippen LogP contribution in [0.5, 0.6) is 0 Å². The summed E-state index contributed by atoms with van der Waals surface area (Å²) in [6, 6.07) is 19.7. The van der Waals surface area contributed by atoms with Crippen molar-refractivity contribution in [1.82, 2.24) is 0 Å². The first-order chi connectivity index (χ1) is 11.8. The largest absolute Gasteiger partial charge is 0.416 e. The standard InChI is InChI=1S/C19H12Cl2F3S/c20-14-4-8-16(9-5-14)25(17-10-6-15(21)7-11-17)18-3-1-2-13(12-18)19(22,23)24/h1-12H/q+1. The Hall–Kier alpha value is -1.62. The molecule has 0 aliphatic rings. The van der Waals surface area contributed by atoms with Gasteiger partial charge in [0.15, 0.2) is 14.7 Å². The molecule has 0 unspecified atom stereocenters. The zero-order valence-corrected chi connectivity index (χ0v) is 15.1. The second-order valence-electron chi connectivity index (χ2n) is 5.24. The van der Waals surface area contributed by atoms with Gasteiger partial charge in [0.1, 0.15) is 0 Å². The van der Waals surface area contributed by atoms with Crippen LogP contribution < -0.4 is 0 Å². The van der Waals surface area contributed by atoms with Crippen LogP contribution in [0, 0.1) is 0 Å². The Morgan fingerprint density at radius 1 is 0.640 bits per heavy atom. The Kier molecular flexibility index (Phi) is 5.32. The maximum atomic E-state index is 13.1. The van der Waals surface area contributed by atoms with Gasteiger partial charge in [-0.3, -0.25) is 0 Å². The van der Waals surface area contributed by atoms with Crippen LogP contribution in [-0.4, -0.2) is 0 Å². The van der Waals surface area contributed by atoms with Gasteiger partial charge in [-0.1, -0.05) is 29.3 Å². The van der Waals surface area contributed by atoms with E-state index >= 15 is 0 Å². The Balaban J connectivity index is 2.14. The molecular weight excluding hydrogens is 388 g/mol. The molecule has 3 aromatic rings. The minimum absolute atomic E-state index is 0.576. The van der Waals surface area contributed by atoms with E-state index in [1.165, 1.54) is 12.1 Å². The fraction of sp³-hybridized carbons (Fsp3) is 0.0526. The van der Waals surface area contributed by atoms with Gasteiger partial charge in [-0.15, -0.1) is 0 Å². The Labute approximate surface area is 156 Å². The normalized spacial score (nSPS) is 11.8. The fourth-order valence-electron chi connectivity index (χ4n) is 2.35. The van der Waals surface area contributed by atoms with Crippen molar-refractivity contribution in [3.8, 4) is 0 Å². The van der Waals surface area contributed by atoms with E-state index in [0.29, 0.717) is 14.9 Å². The zero-order valence-electron chi connectivity index (χ0n) is 12.7. The molecule has 0 heterocycles. The zero-order chi connectivity index (χ0) is 18.0. The lowest BCUT2D eigenvalue weighted by molar-refractivity contribution is -0.137. The summed E-state index contributed by atoms with van der Waals surface area (Å²) < 4.78 is 39.3. The van der Waals surface area contributed by atoms with Crippen molar-refractivity contribution < 1.29 is 13.2 Å². The van der Waals surface area contributed by atoms with Gasteiger partial charge < -0.3 is 0 Å². The van der Waals surface area contributed by atoms with Crippen LogP contribution in [0.3, 0.4) is 0 Å². The van der Waals surface area contributed by atoms with Crippen LogP contribution >= 0.6 is 23.2 Å². The molecule has 128 valence electrons. The van der Waals surface area contributed by atoms with Gasteiger partial charge in [0, 0.05) is 16.1 Å². The molecule has 0 aliphatic carbocycles. The first-order valence-corrected chi connectivity index (χ1v) is 9.25. The predicted molar refractivity (Wildman–Crippen MR) is 96.5 cm³/mol. The summed E-state index contributed by atoms with van der Waals surface area (Å²) in [5, 5.41) is 1.15. The summed E-state index contributed by atoms with van der Waals surface area (Å²) in [5.41, 5.74) is -0.662. The third kappa shape index (κ3) is 4.32. The maximum absolute atomic E-state index is 13.1. The van der Waals surface area contributed by atoms with Crippen LogP contribution in [0.15, 0.2) is 87.5 Å². The highest BCUT2D eigenvalue weighted by Crippen LogP contribution is 2.36. The first kappa shape index (κ1) is 18.2. The van der Waals surface area contributed by atoms with E-state index in [1.54, 1.807) is 30.3 Å². The number of halogens is 5. The first-order valence-electron chi connectivity index (χ1n) is 7.27. The van der Waals surface area contributed by atoms with E-state index in [0.717, 1.165) is 15.9 Å². The fourth-order valence-corrected chi connectivity index (χ4v) is 4.69. The summed E-state index contributed by atoms with van der Waals surface area (Å²) in [6.45, 7) is 0. The smallest absolute Gasteiger partial charge is 0.166 e. The molecule has 6 heteroatoms. The summed E-state index contributed by atoms with van der Waals surface area (Å²) in [6.07, 6.45) is -4.38. The molecule has 0 saturated heterocycles. The van der Waals surface area contributed by atoms with Crippen molar-refractivity contribution >= 4 is 34.1 Å². The number of alkyl halides is 3. The van der Waals surface area contributed by atoms with Crippen LogP contribution in [0.2, 0.25) is 10.0 Å². The molecule has 0 spiro atoms. The van der Waals surface area contributed by atoms with Crippen LogP contribution in [0.25, 0.3) is 0 Å². The van der Waals surface area contributed by atoms with Crippen LogP contribution in [-0.2, 0) is 17.1 Å². The van der Waals surface area contributed by atoms with Gasteiger partial charge in [-0.2, -0.15) is 13.2 Å². The second kappa shape index (κ2) is 7.32. The van der Waals surface area contributed by atoms with Gasteiger partial charge in [0.2, 0.25) is 0 Å². The number of rotatable bonds is 3. The topological polar surface area (TPSA) is 0 Å². The van der Waals surface area contributed by atoms with E-state index in [9.17, 15) is 13.2 Å². The molecule has 0 radical (unpaired) electrons. The highest BCUT2D eigenvalue weighted by Gasteiger charge is 2.34. The van der Waals surface area contributed by atoms with Crippen LogP contribution in [0.4, 0.5) is 13.2 Å². The monoisotopic (exact) mass is 399 g/mol. The predicted octanol–water partition coefficient (Wildman–Crippen LogP) is 7.11. The van der Waals surface area contributed by atoms with Crippen molar-refractivity contribution in [3.63, 3.8) is 0 Å². The molecule has 0 atom stereocenters. The molecule has 0 amide bonds. The highest BCUT2D eigenvalue weighted by atomic mass is 35.5. The lowest BCUT2D eigenvalue weighted by Gasteiger charge is -2.11. The highest BCUT2D eigenvalue weighted by molar-refractivity contribution is 7.97. The average molecular weight is 400 g/mol. The minimum Gasteiger partial charge on any atom is -0.166 e. The van der Waals surface area contributed by atoms with Crippen molar-refractivity contribution in [1.29, 1.82) is 0 Å². The molecule has 0 saturated carbocycles. The third-order valence-electron chi connectivity index (χ3n) is 3.50. The van der Waals surface area contributed by atoms with E-state index in [-0.39, 0.29) is 0 Å². The van der Waals surface area contributed by atoms with Gasteiger partial charge in [-0.25, -0.2) is 0 Å². The van der Waals surface area contributed by atoms with Gasteiger partial charge in [0.25, 0.3) is 0 Å². The molecule has 0 nitrogen and oxygen atoms in total. The molecule has 0 aliphatic heterocycles. The quantitative estimate of drug-likeness (QED) is 0.411. The lowest BCUT2D eigenvalue weighted by atomic mass is 10.2. The van der Waals surface area contributed by atoms with Crippen molar-refractivity contribution in [2.24, 2.45) is 0 Å². The molecule has 0 bridgehead atoms. The summed E-state index contributed by atoms with van der Waals surface area (Å²) in [7, 11) is -0.694. The van der Waals surface area contributed by atoms with E-state index in [2.05, 4.69) is 0 Å². The SMILES string of the molecule is FC(F)(F)c1cccc([S+](c2ccc(Cl)cc2)c2ccc(Cl)cc2)c1. The minimum atomic E-state index is -4.38. The second-order valence-corrected chi connectivity index (χ2v) is 8.14. The van der Waals surface area contributed by atoms with E-state index in [1.807, 2.05) is 24.3 Å². The summed E-state index contributed by atoms with van der Waals surface area (Å²) >= 11 is 11.9. The summed E-state index contributed by atoms with van der Waals surface area (Å²) in [4.78, 5) is 2.34. The molecule has 3 rings (SSSR count). The van der Waals surface area contributed by atoms with Crippen LogP contribution in [0.1, 0.15) is 5.56 Å². The molecule has 0 fully saturated rings. The van der Waals surface area contributed by atoms with Gasteiger partial charge >= 0.3 is 6.18 Å². The molecule has 0 aromatic heterocycles. The number of hydrogen-bond donors (Lipinski definition) is 0. The molecule has 3 aromatic carbocycles. The Morgan fingerprint density at radius 2 is 1.12 bits per heavy atom. The lowest BCUT2D eigenvalue weighted by Crippen LogP contribution is -2.09. The third-order valence-corrected chi connectivity index (χ3v) is 6.21. The van der Waals surface area contributed by atoms with Gasteiger partial charge in [-0.05, 0) is 60.7 Å².